The highest BCUT2D eigenvalue weighted by molar-refractivity contribution is 5.35. The van der Waals surface area contributed by atoms with Crippen LogP contribution in [-0.2, 0) is 0 Å². The highest BCUT2D eigenvalue weighted by atomic mass is 15.4. The molecule has 0 saturated carbocycles. The SMILES string of the molecule is CCC(C)(N)CNc1ccnn1C1CNC1. The predicted molar refractivity (Wildman–Crippen MR) is 65.5 cm³/mol. The molecule has 16 heavy (non-hydrogen) atoms. The molecule has 5 nitrogen and oxygen atoms in total. The van der Waals surface area contributed by atoms with Gasteiger partial charge in [-0.1, -0.05) is 6.92 Å². The second kappa shape index (κ2) is 4.43. The molecule has 2 heterocycles. The van der Waals surface area contributed by atoms with Crippen LogP contribution in [-0.4, -0.2) is 35.0 Å². The third kappa shape index (κ3) is 2.36. The van der Waals surface area contributed by atoms with Gasteiger partial charge in [0.1, 0.15) is 5.82 Å². The standard InChI is InChI=1S/C11H21N5/c1-3-11(2,12)8-14-10-4-5-15-16(10)9-6-13-7-9/h4-5,9,13-14H,3,6-8,12H2,1-2H3. The second-order valence-corrected chi connectivity index (χ2v) is 4.83. The fraction of sp³-hybridized carbons (Fsp3) is 0.727. The first-order chi connectivity index (χ1) is 7.62. The zero-order valence-electron chi connectivity index (χ0n) is 10.0. The van der Waals surface area contributed by atoms with Crippen LogP contribution in [0.15, 0.2) is 12.3 Å². The van der Waals surface area contributed by atoms with Gasteiger partial charge in [0.15, 0.2) is 0 Å². The summed E-state index contributed by atoms with van der Waals surface area (Å²) in [5, 5.41) is 11.0. The van der Waals surface area contributed by atoms with Crippen LogP contribution in [0.3, 0.4) is 0 Å². The molecule has 1 fully saturated rings. The fourth-order valence-corrected chi connectivity index (χ4v) is 1.61. The van der Waals surface area contributed by atoms with Crippen molar-refractivity contribution in [1.82, 2.24) is 15.1 Å². The smallest absolute Gasteiger partial charge is 0.124 e. The van der Waals surface area contributed by atoms with Gasteiger partial charge in [0.05, 0.1) is 12.2 Å². The molecule has 1 saturated heterocycles. The minimum absolute atomic E-state index is 0.160. The zero-order valence-corrected chi connectivity index (χ0v) is 10.0. The quantitative estimate of drug-likeness (QED) is 0.682. The molecule has 1 atom stereocenters. The highest BCUT2D eigenvalue weighted by Crippen LogP contribution is 2.18. The molecular weight excluding hydrogens is 202 g/mol. The van der Waals surface area contributed by atoms with Crippen molar-refractivity contribution in [3.63, 3.8) is 0 Å². The van der Waals surface area contributed by atoms with E-state index in [1.165, 1.54) is 0 Å². The van der Waals surface area contributed by atoms with Crippen LogP contribution in [0.4, 0.5) is 5.82 Å². The van der Waals surface area contributed by atoms with E-state index >= 15 is 0 Å². The van der Waals surface area contributed by atoms with Crippen molar-refractivity contribution >= 4 is 5.82 Å². The first-order valence-electron chi connectivity index (χ1n) is 5.89. The Morgan fingerprint density at radius 3 is 3.00 bits per heavy atom. The van der Waals surface area contributed by atoms with Gasteiger partial charge in [-0.15, -0.1) is 0 Å². The summed E-state index contributed by atoms with van der Waals surface area (Å²) in [7, 11) is 0. The predicted octanol–water partition coefficient (Wildman–Crippen LogP) is 0.567. The van der Waals surface area contributed by atoms with E-state index in [4.69, 9.17) is 5.73 Å². The van der Waals surface area contributed by atoms with Crippen LogP contribution in [0, 0.1) is 0 Å². The van der Waals surface area contributed by atoms with Crippen LogP contribution >= 0.6 is 0 Å². The molecule has 0 aliphatic carbocycles. The maximum absolute atomic E-state index is 6.10. The summed E-state index contributed by atoms with van der Waals surface area (Å²) in [6.45, 7) is 6.95. The number of hydrogen-bond acceptors (Lipinski definition) is 4. The zero-order chi connectivity index (χ0) is 11.6. The summed E-state index contributed by atoms with van der Waals surface area (Å²) >= 11 is 0. The van der Waals surface area contributed by atoms with E-state index in [1.54, 1.807) is 0 Å². The minimum Gasteiger partial charge on any atom is -0.368 e. The van der Waals surface area contributed by atoms with Crippen LogP contribution in [0.5, 0.6) is 0 Å². The monoisotopic (exact) mass is 223 g/mol. The van der Waals surface area contributed by atoms with Gasteiger partial charge in [0, 0.05) is 31.2 Å². The van der Waals surface area contributed by atoms with Crippen molar-refractivity contribution in [1.29, 1.82) is 0 Å². The van der Waals surface area contributed by atoms with Crippen LogP contribution < -0.4 is 16.4 Å². The van der Waals surface area contributed by atoms with Crippen LogP contribution in [0.1, 0.15) is 26.3 Å². The molecule has 1 aliphatic rings. The molecule has 0 radical (unpaired) electrons. The van der Waals surface area contributed by atoms with Crippen molar-refractivity contribution < 1.29 is 0 Å². The Hall–Kier alpha value is -1.07. The van der Waals surface area contributed by atoms with Gasteiger partial charge >= 0.3 is 0 Å². The third-order valence-corrected chi connectivity index (χ3v) is 3.26. The summed E-state index contributed by atoms with van der Waals surface area (Å²) < 4.78 is 2.04. The maximum atomic E-state index is 6.10. The lowest BCUT2D eigenvalue weighted by Gasteiger charge is -2.30. The van der Waals surface area contributed by atoms with E-state index in [1.807, 2.05) is 16.9 Å². The number of nitrogens with two attached hydrogens (primary N) is 1. The van der Waals surface area contributed by atoms with Gasteiger partial charge < -0.3 is 16.4 Å². The Bertz CT molecular complexity index is 340. The third-order valence-electron chi connectivity index (χ3n) is 3.26. The lowest BCUT2D eigenvalue weighted by Crippen LogP contribution is -2.45. The topological polar surface area (TPSA) is 67.9 Å². The van der Waals surface area contributed by atoms with E-state index in [0.29, 0.717) is 6.04 Å². The first-order valence-corrected chi connectivity index (χ1v) is 5.89. The molecule has 1 aromatic rings. The summed E-state index contributed by atoms with van der Waals surface area (Å²) in [5.74, 6) is 1.07. The molecule has 5 heteroatoms. The Balaban J connectivity index is 1.96. The van der Waals surface area contributed by atoms with E-state index in [9.17, 15) is 0 Å². The molecule has 1 aliphatic heterocycles. The van der Waals surface area contributed by atoms with Crippen molar-refractivity contribution in [3.05, 3.63) is 12.3 Å². The van der Waals surface area contributed by atoms with Crippen LogP contribution in [0.25, 0.3) is 0 Å². The van der Waals surface area contributed by atoms with E-state index in [-0.39, 0.29) is 5.54 Å². The molecule has 2 rings (SSSR count). The fourth-order valence-electron chi connectivity index (χ4n) is 1.61. The molecule has 1 aromatic heterocycles. The van der Waals surface area contributed by atoms with Gasteiger partial charge in [-0.25, -0.2) is 4.68 Å². The molecular formula is C11H21N5. The lowest BCUT2D eigenvalue weighted by atomic mass is 10.0. The Morgan fingerprint density at radius 1 is 1.69 bits per heavy atom. The summed E-state index contributed by atoms with van der Waals surface area (Å²) in [6.07, 6.45) is 2.79. The molecule has 4 N–H and O–H groups in total. The Labute approximate surface area is 96.4 Å². The second-order valence-electron chi connectivity index (χ2n) is 4.83. The number of aromatic nitrogens is 2. The number of nitrogens with one attached hydrogen (secondary N) is 2. The van der Waals surface area contributed by atoms with Gasteiger partial charge in [-0.3, -0.25) is 0 Å². The summed E-state index contributed by atoms with van der Waals surface area (Å²) in [6, 6.07) is 2.49. The van der Waals surface area contributed by atoms with Gasteiger partial charge in [0.25, 0.3) is 0 Å². The summed E-state index contributed by atoms with van der Waals surface area (Å²) in [4.78, 5) is 0. The molecule has 0 spiro atoms. The van der Waals surface area contributed by atoms with Gasteiger partial charge in [-0.05, 0) is 13.3 Å². The highest BCUT2D eigenvalue weighted by Gasteiger charge is 2.22. The Kier molecular flexibility index (Phi) is 3.16. The van der Waals surface area contributed by atoms with Crippen molar-refractivity contribution in [2.75, 3.05) is 25.0 Å². The number of hydrogen-bond donors (Lipinski definition) is 3. The van der Waals surface area contributed by atoms with E-state index in [2.05, 4.69) is 29.6 Å². The molecule has 0 aromatic carbocycles. The van der Waals surface area contributed by atoms with Crippen molar-refractivity contribution in [2.45, 2.75) is 31.8 Å². The molecule has 90 valence electrons. The average molecular weight is 223 g/mol. The number of anilines is 1. The minimum atomic E-state index is -0.160. The first kappa shape index (κ1) is 11.4. The molecule has 0 amide bonds. The van der Waals surface area contributed by atoms with E-state index in [0.717, 1.165) is 31.9 Å². The molecule has 0 bridgehead atoms. The van der Waals surface area contributed by atoms with Crippen molar-refractivity contribution in [2.24, 2.45) is 5.73 Å². The van der Waals surface area contributed by atoms with Gasteiger partial charge in [-0.2, -0.15) is 5.10 Å². The van der Waals surface area contributed by atoms with Crippen LogP contribution in [0.2, 0.25) is 0 Å². The lowest BCUT2D eigenvalue weighted by molar-refractivity contribution is 0.320. The largest absolute Gasteiger partial charge is 0.368 e. The van der Waals surface area contributed by atoms with Crippen molar-refractivity contribution in [3.8, 4) is 0 Å². The summed E-state index contributed by atoms with van der Waals surface area (Å²) in [5.41, 5.74) is 5.94. The van der Waals surface area contributed by atoms with Gasteiger partial charge in [0.2, 0.25) is 0 Å². The average Bonchev–Trinajstić information content (AvgIpc) is 2.61. The van der Waals surface area contributed by atoms with E-state index < -0.39 is 0 Å². The number of nitrogens with zero attached hydrogens (tertiary/aromatic N) is 2. The molecule has 1 unspecified atom stereocenters. The normalized spacial score (nSPS) is 20.2. The number of rotatable bonds is 5. The maximum Gasteiger partial charge on any atom is 0.124 e. The Morgan fingerprint density at radius 2 is 2.44 bits per heavy atom.